The second-order valence-corrected chi connectivity index (χ2v) is 3.42. The van der Waals surface area contributed by atoms with Crippen LogP contribution in [0.1, 0.15) is 10.5 Å². The molecule has 1 heterocycles. The molecule has 1 amide bonds. The summed E-state index contributed by atoms with van der Waals surface area (Å²) < 4.78 is 4.94. The Kier molecular flexibility index (Phi) is 4.23. The van der Waals surface area contributed by atoms with Crippen LogP contribution in [0.15, 0.2) is 22.8 Å². The monoisotopic (exact) mass is 272 g/mol. The summed E-state index contributed by atoms with van der Waals surface area (Å²) in [5.41, 5.74) is 0.244. The standard InChI is InChI=1S/C9H9BrN2O3/c1-15-8(13)5-11-9(14)6-3-2-4-7(10)12-6/h2-4H,5H2,1H3,(H,11,14). The van der Waals surface area contributed by atoms with Crippen LogP contribution in [0.2, 0.25) is 0 Å². The van der Waals surface area contributed by atoms with Gasteiger partial charge in [-0.3, -0.25) is 9.59 Å². The molecule has 0 aromatic carbocycles. The van der Waals surface area contributed by atoms with Gasteiger partial charge in [0.05, 0.1) is 7.11 Å². The molecule has 0 saturated heterocycles. The summed E-state index contributed by atoms with van der Waals surface area (Å²) in [6.07, 6.45) is 0. The zero-order valence-electron chi connectivity index (χ0n) is 7.99. The van der Waals surface area contributed by atoms with E-state index in [9.17, 15) is 9.59 Å². The summed E-state index contributed by atoms with van der Waals surface area (Å²) in [5.74, 6) is -0.917. The Balaban J connectivity index is 2.58. The lowest BCUT2D eigenvalue weighted by molar-refractivity contribution is -0.139. The summed E-state index contributed by atoms with van der Waals surface area (Å²) >= 11 is 3.14. The van der Waals surface area contributed by atoms with Crippen molar-refractivity contribution in [3.05, 3.63) is 28.5 Å². The number of nitrogens with zero attached hydrogens (tertiary/aromatic N) is 1. The van der Waals surface area contributed by atoms with E-state index >= 15 is 0 Å². The number of carbonyl (C=O) groups excluding carboxylic acids is 2. The number of halogens is 1. The minimum absolute atomic E-state index is 0.163. The lowest BCUT2D eigenvalue weighted by Gasteiger charge is -2.02. The van der Waals surface area contributed by atoms with Crippen molar-refractivity contribution in [3.63, 3.8) is 0 Å². The molecule has 1 aromatic rings. The zero-order chi connectivity index (χ0) is 11.3. The SMILES string of the molecule is COC(=O)CNC(=O)c1cccc(Br)n1. The fourth-order valence-corrected chi connectivity index (χ4v) is 1.19. The highest BCUT2D eigenvalue weighted by molar-refractivity contribution is 9.10. The van der Waals surface area contributed by atoms with Gasteiger partial charge in [0, 0.05) is 0 Å². The Hall–Kier alpha value is -1.43. The Labute approximate surface area is 95.0 Å². The van der Waals surface area contributed by atoms with E-state index in [1.165, 1.54) is 7.11 Å². The molecule has 0 aliphatic heterocycles. The highest BCUT2D eigenvalue weighted by Gasteiger charge is 2.08. The molecule has 0 atom stereocenters. The van der Waals surface area contributed by atoms with Crippen molar-refractivity contribution in [3.8, 4) is 0 Å². The molecule has 0 saturated carbocycles. The molecule has 80 valence electrons. The second-order valence-electron chi connectivity index (χ2n) is 2.60. The predicted molar refractivity (Wildman–Crippen MR) is 56.3 cm³/mol. The third-order valence-electron chi connectivity index (χ3n) is 1.57. The van der Waals surface area contributed by atoms with Crippen molar-refractivity contribution in [2.75, 3.05) is 13.7 Å². The normalized spacial score (nSPS) is 9.47. The van der Waals surface area contributed by atoms with Crippen LogP contribution in [0.4, 0.5) is 0 Å². The first-order chi connectivity index (χ1) is 7.13. The van der Waals surface area contributed by atoms with E-state index < -0.39 is 11.9 Å². The molecule has 0 unspecified atom stereocenters. The first kappa shape index (κ1) is 11.6. The van der Waals surface area contributed by atoms with E-state index in [2.05, 4.69) is 31.0 Å². The van der Waals surface area contributed by atoms with Crippen LogP contribution in [0.5, 0.6) is 0 Å². The summed E-state index contributed by atoms with van der Waals surface area (Å²) in [5, 5.41) is 2.38. The molecule has 6 heteroatoms. The number of nitrogens with one attached hydrogen (secondary N) is 1. The number of hydrogen-bond acceptors (Lipinski definition) is 4. The molecule has 1 rings (SSSR count). The molecule has 0 bridgehead atoms. The largest absolute Gasteiger partial charge is 0.468 e. The number of hydrogen-bond donors (Lipinski definition) is 1. The van der Waals surface area contributed by atoms with Crippen LogP contribution in [-0.2, 0) is 9.53 Å². The molecule has 5 nitrogen and oxygen atoms in total. The number of esters is 1. The summed E-state index contributed by atoms with van der Waals surface area (Å²) in [4.78, 5) is 26.1. The Morgan fingerprint density at radius 1 is 1.53 bits per heavy atom. The van der Waals surface area contributed by atoms with Crippen LogP contribution in [-0.4, -0.2) is 30.5 Å². The molecule has 1 aromatic heterocycles. The molecule has 0 aliphatic carbocycles. The molecule has 0 spiro atoms. The molecule has 15 heavy (non-hydrogen) atoms. The van der Waals surface area contributed by atoms with Crippen molar-refractivity contribution >= 4 is 27.8 Å². The van der Waals surface area contributed by atoms with Crippen molar-refractivity contribution in [1.29, 1.82) is 0 Å². The van der Waals surface area contributed by atoms with Gasteiger partial charge >= 0.3 is 5.97 Å². The van der Waals surface area contributed by atoms with Crippen molar-refractivity contribution in [2.45, 2.75) is 0 Å². The Morgan fingerprint density at radius 2 is 2.27 bits per heavy atom. The zero-order valence-corrected chi connectivity index (χ0v) is 9.58. The highest BCUT2D eigenvalue weighted by atomic mass is 79.9. The van der Waals surface area contributed by atoms with E-state index in [4.69, 9.17) is 0 Å². The van der Waals surface area contributed by atoms with Crippen molar-refractivity contribution < 1.29 is 14.3 Å². The quantitative estimate of drug-likeness (QED) is 0.651. The van der Waals surface area contributed by atoms with Crippen LogP contribution in [0, 0.1) is 0 Å². The maximum absolute atomic E-state index is 11.4. The Morgan fingerprint density at radius 3 is 2.87 bits per heavy atom. The number of rotatable bonds is 3. The molecule has 0 fully saturated rings. The topological polar surface area (TPSA) is 68.3 Å². The van der Waals surface area contributed by atoms with Gasteiger partial charge in [0.1, 0.15) is 16.8 Å². The minimum Gasteiger partial charge on any atom is -0.468 e. The Bertz CT molecular complexity index is 381. The maximum Gasteiger partial charge on any atom is 0.325 e. The van der Waals surface area contributed by atoms with Gasteiger partial charge in [0.2, 0.25) is 0 Å². The summed E-state index contributed by atoms with van der Waals surface area (Å²) in [6, 6.07) is 4.94. The van der Waals surface area contributed by atoms with E-state index in [1.54, 1.807) is 18.2 Å². The molecule has 0 aliphatic rings. The van der Waals surface area contributed by atoms with Crippen LogP contribution in [0.25, 0.3) is 0 Å². The molecule has 1 N–H and O–H groups in total. The molecular formula is C9H9BrN2O3. The number of methoxy groups -OCH3 is 1. The lowest BCUT2D eigenvalue weighted by atomic mass is 10.3. The highest BCUT2D eigenvalue weighted by Crippen LogP contribution is 2.05. The average Bonchev–Trinajstić information content (AvgIpc) is 2.25. The fourth-order valence-electron chi connectivity index (χ4n) is 0.850. The van der Waals surface area contributed by atoms with Gasteiger partial charge in [-0.25, -0.2) is 4.98 Å². The third-order valence-corrected chi connectivity index (χ3v) is 2.01. The number of amides is 1. The van der Waals surface area contributed by atoms with E-state index in [1.807, 2.05) is 0 Å². The van der Waals surface area contributed by atoms with Gasteiger partial charge in [-0.05, 0) is 28.1 Å². The third kappa shape index (κ3) is 3.67. The second kappa shape index (κ2) is 5.45. The lowest BCUT2D eigenvalue weighted by Crippen LogP contribution is -2.30. The van der Waals surface area contributed by atoms with Gasteiger partial charge in [0.25, 0.3) is 5.91 Å². The van der Waals surface area contributed by atoms with Gasteiger partial charge in [-0.1, -0.05) is 6.07 Å². The van der Waals surface area contributed by atoms with E-state index in [0.717, 1.165) is 0 Å². The predicted octanol–water partition coefficient (Wildman–Crippen LogP) is 0.747. The number of ether oxygens (including phenoxy) is 1. The van der Waals surface area contributed by atoms with Crippen molar-refractivity contribution in [2.24, 2.45) is 0 Å². The fraction of sp³-hybridized carbons (Fsp3) is 0.222. The minimum atomic E-state index is -0.502. The smallest absolute Gasteiger partial charge is 0.325 e. The van der Waals surface area contributed by atoms with Crippen LogP contribution >= 0.6 is 15.9 Å². The van der Waals surface area contributed by atoms with Gasteiger partial charge in [0.15, 0.2) is 0 Å². The van der Waals surface area contributed by atoms with Crippen LogP contribution in [0.3, 0.4) is 0 Å². The van der Waals surface area contributed by atoms with Gasteiger partial charge in [-0.15, -0.1) is 0 Å². The van der Waals surface area contributed by atoms with Crippen molar-refractivity contribution in [1.82, 2.24) is 10.3 Å². The molecular weight excluding hydrogens is 264 g/mol. The maximum atomic E-state index is 11.4. The van der Waals surface area contributed by atoms with E-state index in [0.29, 0.717) is 4.60 Å². The van der Waals surface area contributed by atoms with E-state index in [-0.39, 0.29) is 12.2 Å². The summed E-state index contributed by atoms with van der Waals surface area (Å²) in [6.45, 7) is -0.163. The average molecular weight is 273 g/mol. The van der Waals surface area contributed by atoms with Crippen LogP contribution < -0.4 is 5.32 Å². The molecule has 0 radical (unpaired) electrons. The number of aromatic nitrogens is 1. The number of pyridine rings is 1. The first-order valence-electron chi connectivity index (χ1n) is 4.11. The van der Waals surface area contributed by atoms with Gasteiger partial charge < -0.3 is 10.1 Å². The first-order valence-corrected chi connectivity index (χ1v) is 4.90. The number of carbonyl (C=O) groups is 2. The summed E-state index contributed by atoms with van der Waals surface area (Å²) in [7, 11) is 1.26. The van der Waals surface area contributed by atoms with Gasteiger partial charge in [-0.2, -0.15) is 0 Å².